The average Bonchev–Trinajstić information content (AvgIpc) is 2.28. The van der Waals surface area contributed by atoms with Gasteiger partial charge in [0.1, 0.15) is 0 Å². The van der Waals surface area contributed by atoms with Gasteiger partial charge >= 0.3 is 5.97 Å². The number of nitrogens with zero attached hydrogens (tertiary/aromatic N) is 2. The normalized spacial score (nSPS) is 11.1. The smallest absolute Gasteiger partial charge is 0.311 e. The number of carbonyl (C=O) groups excluding carboxylic acids is 1. The van der Waals surface area contributed by atoms with Crippen LogP contribution in [0.5, 0.6) is 0 Å². The number of nitrogens with one attached hydrogen (secondary N) is 2. The van der Waals surface area contributed by atoms with Gasteiger partial charge in [-0.2, -0.15) is 10.2 Å². The topological polar surface area (TPSA) is 96.4 Å². The zero-order valence-electron chi connectivity index (χ0n) is 9.69. The van der Waals surface area contributed by atoms with Crippen molar-refractivity contribution in [3.05, 3.63) is 22.5 Å². The number of hydrazone groups is 1. The number of H-pyrrole nitrogens is 1. The molecule has 1 aromatic heterocycles. The third kappa shape index (κ3) is 4.92. The number of ether oxygens (including phenoxy) is 1. The number of esters is 1. The molecule has 0 atom stereocenters. The van der Waals surface area contributed by atoms with Gasteiger partial charge in [0.2, 0.25) is 0 Å². The Balaban J connectivity index is 2.50. The summed E-state index contributed by atoms with van der Waals surface area (Å²) in [5.41, 5.74) is 2.90. The minimum absolute atomic E-state index is 0.115. The van der Waals surface area contributed by atoms with Gasteiger partial charge in [0.05, 0.1) is 13.0 Å². The predicted molar refractivity (Wildman–Crippen MR) is 62.8 cm³/mol. The van der Waals surface area contributed by atoms with E-state index in [4.69, 9.17) is 4.74 Å². The molecule has 7 heteroatoms. The van der Waals surface area contributed by atoms with E-state index in [-0.39, 0.29) is 17.9 Å². The highest BCUT2D eigenvalue weighted by molar-refractivity contribution is 5.97. The summed E-state index contributed by atoms with van der Waals surface area (Å²) in [5, 5.41) is 9.88. The van der Waals surface area contributed by atoms with Crippen molar-refractivity contribution in [1.29, 1.82) is 0 Å². The molecule has 2 N–H and O–H groups in total. The lowest BCUT2D eigenvalue weighted by Gasteiger charge is -2.02. The van der Waals surface area contributed by atoms with Crippen molar-refractivity contribution >= 4 is 17.5 Å². The minimum Gasteiger partial charge on any atom is -0.466 e. The Kier molecular flexibility index (Phi) is 4.86. The van der Waals surface area contributed by atoms with E-state index in [1.54, 1.807) is 13.8 Å². The molecule has 0 radical (unpaired) electrons. The Hall–Kier alpha value is -2.18. The molecule has 7 nitrogen and oxygen atoms in total. The van der Waals surface area contributed by atoms with E-state index in [1.165, 1.54) is 12.1 Å². The molecule has 0 bridgehead atoms. The van der Waals surface area contributed by atoms with Crippen LogP contribution in [0.3, 0.4) is 0 Å². The van der Waals surface area contributed by atoms with Gasteiger partial charge in [-0.15, -0.1) is 0 Å². The lowest BCUT2D eigenvalue weighted by molar-refractivity contribution is -0.141. The van der Waals surface area contributed by atoms with Crippen molar-refractivity contribution < 1.29 is 9.53 Å². The Morgan fingerprint density at radius 1 is 1.59 bits per heavy atom. The highest BCUT2D eigenvalue weighted by atomic mass is 16.5. The van der Waals surface area contributed by atoms with Crippen molar-refractivity contribution in [1.82, 2.24) is 10.2 Å². The summed E-state index contributed by atoms with van der Waals surface area (Å²) in [6.45, 7) is 3.78. The van der Waals surface area contributed by atoms with Gasteiger partial charge in [-0.3, -0.25) is 15.0 Å². The molecule has 0 fully saturated rings. The molecule has 92 valence electrons. The van der Waals surface area contributed by atoms with E-state index < -0.39 is 0 Å². The van der Waals surface area contributed by atoms with Crippen molar-refractivity contribution in [2.75, 3.05) is 12.0 Å². The Morgan fingerprint density at radius 3 is 2.94 bits per heavy atom. The third-order valence-electron chi connectivity index (χ3n) is 1.75. The van der Waals surface area contributed by atoms with Crippen LogP contribution in [0.25, 0.3) is 0 Å². The van der Waals surface area contributed by atoms with Crippen LogP contribution in [0.1, 0.15) is 20.3 Å². The Labute approximate surface area is 97.9 Å². The van der Waals surface area contributed by atoms with Gasteiger partial charge in [-0.05, 0) is 19.9 Å². The first-order chi connectivity index (χ1) is 8.11. The van der Waals surface area contributed by atoms with E-state index in [2.05, 4.69) is 20.7 Å². The molecule has 0 aromatic carbocycles. The summed E-state index contributed by atoms with van der Waals surface area (Å²) in [4.78, 5) is 21.8. The maximum absolute atomic E-state index is 11.1. The van der Waals surface area contributed by atoms with Crippen LogP contribution in [0, 0.1) is 0 Å². The maximum Gasteiger partial charge on any atom is 0.311 e. The van der Waals surface area contributed by atoms with Crippen LogP contribution in [0.15, 0.2) is 22.0 Å². The van der Waals surface area contributed by atoms with E-state index in [0.717, 1.165) is 0 Å². The van der Waals surface area contributed by atoms with Gasteiger partial charge in [0, 0.05) is 11.8 Å². The number of hydrogen-bond donors (Lipinski definition) is 2. The van der Waals surface area contributed by atoms with Crippen LogP contribution in [-0.4, -0.2) is 28.5 Å². The standard InChI is InChI=1S/C10H14N4O3/c1-3-17-10(16)6-7(2)11-12-8-4-5-9(15)14-13-8/h4-5H,3,6H2,1-2H3,(H,12,13)(H,14,15)/b11-7+. The number of anilines is 1. The molecular formula is C10H14N4O3. The van der Waals surface area contributed by atoms with E-state index in [9.17, 15) is 9.59 Å². The second-order valence-electron chi connectivity index (χ2n) is 3.25. The molecule has 1 heterocycles. The van der Waals surface area contributed by atoms with Crippen LogP contribution in [-0.2, 0) is 9.53 Å². The Bertz CT molecular complexity index is 446. The van der Waals surface area contributed by atoms with Gasteiger partial charge in [-0.1, -0.05) is 0 Å². The fraction of sp³-hybridized carbons (Fsp3) is 0.400. The molecule has 0 unspecified atom stereocenters. The number of carbonyl (C=O) groups is 1. The third-order valence-corrected chi connectivity index (χ3v) is 1.75. The van der Waals surface area contributed by atoms with Crippen molar-refractivity contribution in [3.8, 4) is 0 Å². The van der Waals surface area contributed by atoms with Crippen LogP contribution < -0.4 is 11.0 Å². The highest BCUT2D eigenvalue weighted by Gasteiger charge is 2.03. The SMILES string of the molecule is CCOC(=O)C/C(C)=N/Nc1ccc(=O)[nH]n1. The van der Waals surface area contributed by atoms with Gasteiger partial charge in [0.15, 0.2) is 5.82 Å². The molecule has 0 aliphatic heterocycles. The zero-order chi connectivity index (χ0) is 12.7. The first-order valence-electron chi connectivity index (χ1n) is 5.12. The first-order valence-corrected chi connectivity index (χ1v) is 5.12. The number of rotatable bonds is 5. The summed E-state index contributed by atoms with van der Waals surface area (Å²) in [6, 6.07) is 2.81. The average molecular weight is 238 g/mol. The number of aromatic nitrogens is 2. The highest BCUT2D eigenvalue weighted by Crippen LogP contribution is 1.97. The monoisotopic (exact) mass is 238 g/mol. The second-order valence-corrected chi connectivity index (χ2v) is 3.25. The molecule has 0 saturated heterocycles. The first kappa shape index (κ1) is 12.9. The van der Waals surface area contributed by atoms with E-state index in [0.29, 0.717) is 18.1 Å². The molecule has 0 aliphatic carbocycles. The molecule has 0 aliphatic rings. The minimum atomic E-state index is -0.329. The molecular weight excluding hydrogens is 224 g/mol. The molecule has 1 rings (SSSR count). The molecule has 0 amide bonds. The molecule has 0 saturated carbocycles. The van der Waals surface area contributed by atoms with Gasteiger partial charge < -0.3 is 4.74 Å². The summed E-state index contributed by atoms with van der Waals surface area (Å²) < 4.78 is 4.77. The lowest BCUT2D eigenvalue weighted by atomic mass is 10.3. The summed E-state index contributed by atoms with van der Waals surface area (Å²) >= 11 is 0. The second kappa shape index (κ2) is 6.41. The quantitative estimate of drug-likeness (QED) is 0.442. The van der Waals surface area contributed by atoms with Crippen LogP contribution >= 0.6 is 0 Å². The predicted octanol–water partition coefficient (Wildman–Crippen LogP) is 0.511. The fourth-order valence-electron chi connectivity index (χ4n) is 1.02. The zero-order valence-corrected chi connectivity index (χ0v) is 9.69. The van der Waals surface area contributed by atoms with E-state index >= 15 is 0 Å². The van der Waals surface area contributed by atoms with Gasteiger partial charge in [-0.25, -0.2) is 5.10 Å². The van der Waals surface area contributed by atoms with E-state index in [1.807, 2.05) is 0 Å². The maximum atomic E-state index is 11.1. The molecule has 0 spiro atoms. The van der Waals surface area contributed by atoms with Crippen LogP contribution in [0.4, 0.5) is 5.82 Å². The summed E-state index contributed by atoms with van der Waals surface area (Å²) in [7, 11) is 0. The molecule has 1 aromatic rings. The summed E-state index contributed by atoms with van der Waals surface area (Å²) in [5.74, 6) is 0.0674. The lowest BCUT2D eigenvalue weighted by Crippen LogP contribution is -2.11. The van der Waals surface area contributed by atoms with Crippen molar-refractivity contribution in [2.24, 2.45) is 5.10 Å². The van der Waals surface area contributed by atoms with Gasteiger partial charge in [0.25, 0.3) is 5.56 Å². The van der Waals surface area contributed by atoms with Crippen molar-refractivity contribution in [2.45, 2.75) is 20.3 Å². The van der Waals surface area contributed by atoms with Crippen LogP contribution in [0.2, 0.25) is 0 Å². The fourth-order valence-corrected chi connectivity index (χ4v) is 1.02. The molecule has 17 heavy (non-hydrogen) atoms. The van der Waals surface area contributed by atoms with Crippen molar-refractivity contribution in [3.63, 3.8) is 0 Å². The summed E-state index contributed by atoms with van der Waals surface area (Å²) in [6.07, 6.45) is 0.115. The number of aromatic amines is 1. The largest absolute Gasteiger partial charge is 0.466 e. The number of hydrogen-bond acceptors (Lipinski definition) is 6. The Morgan fingerprint density at radius 2 is 2.35 bits per heavy atom.